The third kappa shape index (κ3) is 4.23. The van der Waals surface area contributed by atoms with E-state index in [0.717, 1.165) is 21.9 Å². The van der Waals surface area contributed by atoms with Crippen molar-refractivity contribution >= 4 is 17.2 Å². The molecule has 0 radical (unpaired) electrons. The SMILES string of the molecule is COc1ccc(CCC(=O)NCc2coc(-c3cccs3)n2)cc1. The molecule has 24 heavy (non-hydrogen) atoms. The van der Waals surface area contributed by atoms with Crippen LogP contribution < -0.4 is 10.1 Å². The molecule has 5 nitrogen and oxygen atoms in total. The number of carbonyl (C=O) groups is 1. The summed E-state index contributed by atoms with van der Waals surface area (Å²) in [6.45, 7) is 0.371. The van der Waals surface area contributed by atoms with Crippen LogP contribution in [0.3, 0.4) is 0 Å². The fourth-order valence-electron chi connectivity index (χ4n) is 2.23. The summed E-state index contributed by atoms with van der Waals surface area (Å²) in [6.07, 6.45) is 2.70. The molecule has 0 fully saturated rings. The number of ether oxygens (including phenoxy) is 1. The number of rotatable bonds is 7. The van der Waals surface area contributed by atoms with Gasteiger partial charge in [0.25, 0.3) is 0 Å². The molecule has 0 aliphatic rings. The van der Waals surface area contributed by atoms with Gasteiger partial charge in [-0.2, -0.15) is 0 Å². The highest BCUT2D eigenvalue weighted by atomic mass is 32.1. The Morgan fingerprint density at radius 1 is 1.29 bits per heavy atom. The number of oxazole rings is 1. The Bertz CT molecular complexity index is 779. The van der Waals surface area contributed by atoms with Crippen LogP contribution in [0, 0.1) is 0 Å². The number of aryl methyl sites for hydroxylation is 1. The molecule has 0 saturated carbocycles. The van der Waals surface area contributed by atoms with Crippen molar-refractivity contribution < 1.29 is 13.9 Å². The van der Waals surface area contributed by atoms with E-state index in [2.05, 4.69) is 10.3 Å². The van der Waals surface area contributed by atoms with Gasteiger partial charge in [0, 0.05) is 6.42 Å². The molecule has 1 amide bonds. The molecule has 3 aromatic rings. The summed E-state index contributed by atoms with van der Waals surface area (Å²) < 4.78 is 10.5. The number of hydrogen-bond acceptors (Lipinski definition) is 5. The second kappa shape index (κ2) is 7.79. The summed E-state index contributed by atoms with van der Waals surface area (Å²) in [5, 5.41) is 4.84. The number of amides is 1. The first-order valence-electron chi connectivity index (χ1n) is 7.62. The maximum absolute atomic E-state index is 12.0. The summed E-state index contributed by atoms with van der Waals surface area (Å²) in [5.74, 6) is 1.40. The Balaban J connectivity index is 1.45. The summed E-state index contributed by atoms with van der Waals surface area (Å²) in [4.78, 5) is 17.3. The van der Waals surface area contributed by atoms with Crippen molar-refractivity contribution in [2.75, 3.05) is 7.11 Å². The highest BCUT2D eigenvalue weighted by Crippen LogP contribution is 2.23. The first-order valence-corrected chi connectivity index (χ1v) is 8.50. The Hall–Kier alpha value is -2.60. The molecule has 0 aliphatic carbocycles. The first-order chi connectivity index (χ1) is 11.7. The standard InChI is InChI=1S/C18H18N2O3S/c1-22-15-7-4-13(5-8-15)6-9-17(21)19-11-14-12-23-18(20-14)16-3-2-10-24-16/h2-5,7-8,10,12H,6,9,11H2,1H3,(H,19,21). The van der Waals surface area contributed by atoms with Crippen molar-refractivity contribution in [3.63, 3.8) is 0 Å². The fraction of sp³-hybridized carbons (Fsp3) is 0.222. The monoisotopic (exact) mass is 342 g/mol. The minimum atomic E-state index is -0.00788. The van der Waals surface area contributed by atoms with E-state index in [1.165, 1.54) is 0 Å². The predicted molar refractivity (Wildman–Crippen MR) is 93.0 cm³/mol. The average Bonchev–Trinajstić information content (AvgIpc) is 3.29. The Kier molecular flexibility index (Phi) is 5.28. The van der Waals surface area contributed by atoms with Crippen molar-refractivity contribution in [1.82, 2.24) is 10.3 Å². The van der Waals surface area contributed by atoms with Crippen LogP contribution in [0.15, 0.2) is 52.5 Å². The van der Waals surface area contributed by atoms with Crippen LogP contribution in [0.4, 0.5) is 0 Å². The van der Waals surface area contributed by atoms with Gasteiger partial charge in [-0.1, -0.05) is 18.2 Å². The largest absolute Gasteiger partial charge is 0.497 e. The highest BCUT2D eigenvalue weighted by molar-refractivity contribution is 7.13. The van der Waals surface area contributed by atoms with Gasteiger partial charge in [0.05, 0.1) is 24.2 Å². The molecule has 124 valence electrons. The first kappa shape index (κ1) is 16.3. The minimum absolute atomic E-state index is 0.00788. The van der Waals surface area contributed by atoms with E-state index in [9.17, 15) is 4.79 Å². The van der Waals surface area contributed by atoms with Crippen LogP contribution in [-0.2, 0) is 17.8 Å². The number of carbonyl (C=O) groups excluding carboxylic acids is 1. The predicted octanol–water partition coefficient (Wildman–Crippen LogP) is 3.66. The molecule has 0 unspecified atom stereocenters. The lowest BCUT2D eigenvalue weighted by Crippen LogP contribution is -2.23. The van der Waals surface area contributed by atoms with E-state index in [-0.39, 0.29) is 5.91 Å². The molecular weight excluding hydrogens is 324 g/mol. The molecule has 0 atom stereocenters. The normalized spacial score (nSPS) is 10.5. The van der Waals surface area contributed by atoms with Gasteiger partial charge in [0.15, 0.2) is 0 Å². The van der Waals surface area contributed by atoms with Crippen LogP contribution in [0.1, 0.15) is 17.7 Å². The van der Waals surface area contributed by atoms with Gasteiger partial charge in [-0.3, -0.25) is 4.79 Å². The van der Waals surface area contributed by atoms with Crippen LogP contribution in [-0.4, -0.2) is 18.0 Å². The van der Waals surface area contributed by atoms with Gasteiger partial charge in [0.1, 0.15) is 12.0 Å². The van der Waals surface area contributed by atoms with Gasteiger partial charge < -0.3 is 14.5 Å². The van der Waals surface area contributed by atoms with E-state index in [1.807, 2.05) is 41.8 Å². The topological polar surface area (TPSA) is 64.4 Å². The van der Waals surface area contributed by atoms with E-state index < -0.39 is 0 Å². The number of nitrogens with one attached hydrogen (secondary N) is 1. The Labute approximate surface area is 144 Å². The zero-order valence-electron chi connectivity index (χ0n) is 13.3. The summed E-state index contributed by atoms with van der Waals surface area (Å²) in [6, 6.07) is 11.6. The number of thiophene rings is 1. The molecule has 0 saturated heterocycles. The van der Waals surface area contributed by atoms with Gasteiger partial charge in [-0.15, -0.1) is 11.3 Å². The number of hydrogen-bond donors (Lipinski definition) is 1. The maximum Gasteiger partial charge on any atom is 0.236 e. The fourth-order valence-corrected chi connectivity index (χ4v) is 2.88. The smallest absolute Gasteiger partial charge is 0.236 e. The molecule has 0 spiro atoms. The number of nitrogens with zero attached hydrogens (tertiary/aromatic N) is 1. The lowest BCUT2D eigenvalue weighted by atomic mass is 10.1. The molecule has 3 rings (SSSR count). The Morgan fingerprint density at radius 2 is 2.12 bits per heavy atom. The minimum Gasteiger partial charge on any atom is -0.497 e. The second-order valence-electron chi connectivity index (χ2n) is 5.25. The molecule has 0 aliphatic heterocycles. The zero-order chi connectivity index (χ0) is 16.8. The van der Waals surface area contributed by atoms with E-state index in [4.69, 9.17) is 9.15 Å². The molecule has 2 aromatic heterocycles. The van der Waals surface area contributed by atoms with Gasteiger partial charge in [-0.25, -0.2) is 4.98 Å². The maximum atomic E-state index is 12.0. The van der Waals surface area contributed by atoms with Crippen molar-refractivity contribution in [2.24, 2.45) is 0 Å². The second-order valence-corrected chi connectivity index (χ2v) is 6.19. The molecule has 6 heteroatoms. The zero-order valence-corrected chi connectivity index (χ0v) is 14.1. The molecule has 2 heterocycles. The number of benzene rings is 1. The summed E-state index contributed by atoms with van der Waals surface area (Å²) in [7, 11) is 1.64. The quantitative estimate of drug-likeness (QED) is 0.712. The van der Waals surface area contributed by atoms with Crippen molar-refractivity contribution in [3.8, 4) is 16.5 Å². The number of aromatic nitrogens is 1. The van der Waals surface area contributed by atoms with Crippen LogP contribution in [0.5, 0.6) is 5.75 Å². The van der Waals surface area contributed by atoms with Crippen LogP contribution in [0.25, 0.3) is 10.8 Å². The van der Waals surface area contributed by atoms with Crippen LogP contribution >= 0.6 is 11.3 Å². The van der Waals surface area contributed by atoms with Crippen molar-refractivity contribution in [3.05, 3.63) is 59.3 Å². The number of methoxy groups -OCH3 is 1. The average molecular weight is 342 g/mol. The van der Waals surface area contributed by atoms with Gasteiger partial charge in [0.2, 0.25) is 11.8 Å². The Morgan fingerprint density at radius 3 is 2.83 bits per heavy atom. The lowest BCUT2D eigenvalue weighted by Gasteiger charge is -2.04. The lowest BCUT2D eigenvalue weighted by molar-refractivity contribution is -0.121. The van der Waals surface area contributed by atoms with Gasteiger partial charge >= 0.3 is 0 Å². The van der Waals surface area contributed by atoms with Crippen molar-refractivity contribution in [1.29, 1.82) is 0 Å². The van der Waals surface area contributed by atoms with E-state index in [0.29, 0.717) is 25.3 Å². The van der Waals surface area contributed by atoms with E-state index in [1.54, 1.807) is 24.7 Å². The molecule has 0 bridgehead atoms. The van der Waals surface area contributed by atoms with Crippen molar-refractivity contribution in [2.45, 2.75) is 19.4 Å². The molecule has 1 aromatic carbocycles. The summed E-state index contributed by atoms with van der Waals surface area (Å²) in [5.41, 5.74) is 1.82. The molecular formula is C18H18N2O3S. The van der Waals surface area contributed by atoms with Gasteiger partial charge in [-0.05, 0) is 35.6 Å². The molecule has 1 N–H and O–H groups in total. The van der Waals surface area contributed by atoms with Crippen LogP contribution in [0.2, 0.25) is 0 Å². The third-order valence-electron chi connectivity index (χ3n) is 3.55. The van der Waals surface area contributed by atoms with E-state index >= 15 is 0 Å². The summed E-state index contributed by atoms with van der Waals surface area (Å²) >= 11 is 1.57. The third-order valence-corrected chi connectivity index (χ3v) is 4.41. The highest BCUT2D eigenvalue weighted by Gasteiger charge is 2.09.